The van der Waals surface area contributed by atoms with Gasteiger partial charge in [-0.25, -0.2) is 9.18 Å². The molecular weight excluding hydrogens is 275 g/mol. The van der Waals surface area contributed by atoms with Gasteiger partial charge >= 0.3 is 6.03 Å². The molecule has 2 amide bonds. The molecule has 5 nitrogen and oxygen atoms in total. The second kappa shape index (κ2) is 7.26. The van der Waals surface area contributed by atoms with Crippen LogP contribution in [0.2, 0.25) is 0 Å². The maximum absolute atomic E-state index is 13.3. The molecule has 0 aliphatic carbocycles. The van der Waals surface area contributed by atoms with E-state index < -0.39 is 11.8 Å². The van der Waals surface area contributed by atoms with Crippen molar-refractivity contribution >= 4 is 11.7 Å². The maximum atomic E-state index is 13.3. The molecule has 1 fully saturated rings. The van der Waals surface area contributed by atoms with Crippen molar-refractivity contribution in [3.05, 3.63) is 24.0 Å². The molecule has 1 unspecified atom stereocenters. The number of amides is 2. The minimum atomic E-state index is -0.430. The standard InChI is InChI=1S/C15H21FN2O3/c1-10(2)21-14-6-5-11(16)8-13(14)18-15(19)17-9-12-4-3-7-20-12/h5-6,8,10,12H,3-4,7,9H2,1-2H3,(H2,17,18,19). The Kier molecular flexibility index (Phi) is 5.38. The number of rotatable bonds is 5. The number of nitrogens with one attached hydrogen (secondary N) is 2. The van der Waals surface area contributed by atoms with Gasteiger partial charge < -0.3 is 20.1 Å². The second-order valence-electron chi connectivity index (χ2n) is 5.28. The molecule has 0 radical (unpaired) electrons. The van der Waals surface area contributed by atoms with Gasteiger partial charge in [0.05, 0.1) is 17.9 Å². The van der Waals surface area contributed by atoms with Crippen LogP contribution in [0.5, 0.6) is 5.75 Å². The highest BCUT2D eigenvalue weighted by atomic mass is 19.1. The highest BCUT2D eigenvalue weighted by Crippen LogP contribution is 2.26. The molecule has 1 aromatic carbocycles. The molecule has 116 valence electrons. The average molecular weight is 296 g/mol. The van der Waals surface area contributed by atoms with Gasteiger partial charge in [-0.3, -0.25) is 0 Å². The first-order valence-corrected chi connectivity index (χ1v) is 7.17. The van der Waals surface area contributed by atoms with E-state index in [9.17, 15) is 9.18 Å². The third kappa shape index (κ3) is 4.90. The van der Waals surface area contributed by atoms with E-state index in [1.165, 1.54) is 18.2 Å². The fourth-order valence-corrected chi connectivity index (χ4v) is 2.13. The van der Waals surface area contributed by atoms with Crippen LogP contribution < -0.4 is 15.4 Å². The van der Waals surface area contributed by atoms with Crippen LogP contribution in [0.3, 0.4) is 0 Å². The number of urea groups is 1. The third-order valence-electron chi connectivity index (χ3n) is 3.07. The minimum absolute atomic E-state index is 0.0639. The van der Waals surface area contributed by atoms with Gasteiger partial charge in [-0.15, -0.1) is 0 Å². The van der Waals surface area contributed by atoms with Gasteiger partial charge in [-0.1, -0.05) is 0 Å². The van der Waals surface area contributed by atoms with Gasteiger partial charge in [0.1, 0.15) is 11.6 Å². The van der Waals surface area contributed by atoms with E-state index in [0.717, 1.165) is 19.4 Å². The molecular formula is C15H21FN2O3. The van der Waals surface area contributed by atoms with Gasteiger partial charge in [-0.2, -0.15) is 0 Å². The molecule has 1 atom stereocenters. The Bertz CT molecular complexity index is 488. The van der Waals surface area contributed by atoms with Gasteiger partial charge in [0.25, 0.3) is 0 Å². The van der Waals surface area contributed by atoms with Crippen molar-refractivity contribution in [1.82, 2.24) is 5.32 Å². The Hall–Kier alpha value is -1.82. The summed E-state index contributed by atoms with van der Waals surface area (Å²) in [6.07, 6.45) is 1.97. The van der Waals surface area contributed by atoms with Crippen LogP contribution in [0.25, 0.3) is 0 Å². The fraction of sp³-hybridized carbons (Fsp3) is 0.533. The number of carbonyl (C=O) groups excluding carboxylic acids is 1. The maximum Gasteiger partial charge on any atom is 0.319 e. The lowest BCUT2D eigenvalue weighted by molar-refractivity contribution is 0.112. The number of halogens is 1. The van der Waals surface area contributed by atoms with E-state index in [2.05, 4.69) is 10.6 Å². The summed E-state index contributed by atoms with van der Waals surface area (Å²) in [4.78, 5) is 11.9. The van der Waals surface area contributed by atoms with Crippen LogP contribution >= 0.6 is 0 Å². The predicted octanol–water partition coefficient (Wildman–Crippen LogP) is 2.91. The van der Waals surface area contributed by atoms with Gasteiger partial charge in [0.15, 0.2) is 0 Å². The molecule has 1 aliphatic rings. The zero-order valence-electron chi connectivity index (χ0n) is 12.3. The smallest absolute Gasteiger partial charge is 0.319 e. The Labute approximate surface area is 123 Å². The summed E-state index contributed by atoms with van der Waals surface area (Å²) in [7, 11) is 0. The summed E-state index contributed by atoms with van der Waals surface area (Å²) in [5.41, 5.74) is 0.313. The number of hydrogen-bond acceptors (Lipinski definition) is 3. The number of hydrogen-bond donors (Lipinski definition) is 2. The zero-order valence-corrected chi connectivity index (χ0v) is 12.3. The van der Waals surface area contributed by atoms with Gasteiger partial charge in [0, 0.05) is 19.2 Å². The van der Waals surface area contributed by atoms with Crippen molar-refractivity contribution < 1.29 is 18.7 Å². The van der Waals surface area contributed by atoms with Crippen LogP contribution in [0.4, 0.5) is 14.9 Å². The van der Waals surface area contributed by atoms with E-state index >= 15 is 0 Å². The van der Waals surface area contributed by atoms with E-state index in [1.807, 2.05) is 13.8 Å². The zero-order chi connectivity index (χ0) is 15.2. The largest absolute Gasteiger partial charge is 0.489 e. The van der Waals surface area contributed by atoms with Crippen LogP contribution in [0, 0.1) is 5.82 Å². The van der Waals surface area contributed by atoms with E-state index in [1.54, 1.807) is 0 Å². The molecule has 1 saturated heterocycles. The average Bonchev–Trinajstić information content (AvgIpc) is 2.92. The van der Waals surface area contributed by atoms with Crippen LogP contribution in [0.15, 0.2) is 18.2 Å². The van der Waals surface area contributed by atoms with E-state index in [0.29, 0.717) is 18.0 Å². The second-order valence-corrected chi connectivity index (χ2v) is 5.28. The van der Waals surface area contributed by atoms with Crippen molar-refractivity contribution in [2.75, 3.05) is 18.5 Å². The summed E-state index contributed by atoms with van der Waals surface area (Å²) in [5, 5.41) is 5.33. The van der Waals surface area contributed by atoms with Crippen LogP contribution in [0.1, 0.15) is 26.7 Å². The summed E-state index contributed by atoms with van der Waals surface area (Å²) in [5.74, 6) is 0.0131. The highest BCUT2D eigenvalue weighted by molar-refractivity contribution is 5.90. The Morgan fingerprint density at radius 1 is 1.52 bits per heavy atom. The summed E-state index contributed by atoms with van der Waals surface area (Å²) in [6, 6.07) is 3.64. The number of ether oxygens (including phenoxy) is 2. The molecule has 0 bridgehead atoms. The Morgan fingerprint density at radius 2 is 2.33 bits per heavy atom. The van der Waals surface area contributed by atoms with Crippen molar-refractivity contribution in [2.24, 2.45) is 0 Å². The minimum Gasteiger partial charge on any atom is -0.489 e. The van der Waals surface area contributed by atoms with Crippen LogP contribution in [-0.4, -0.2) is 31.4 Å². The number of carbonyl (C=O) groups is 1. The van der Waals surface area contributed by atoms with Crippen molar-refractivity contribution in [2.45, 2.75) is 38.9 Å². The molecule has 0 aromatic heterocycles. The lowest BCUT2D eigenvalue weighted by Crippen LogP contribution is -2.35. The summed E-state index contributed by atoms with van der Waals surface area (Å²) < 4.78 is 24.3. The SMILES string of the molecule is CC(C)Oc1ccc(F)cc1NC(=O)NCC1CCCO1. The molecule has 2 N–H and O–H groups in total. The monoisotopic (exact) mass is 296 g/mol. The van der Waals surface area contributed by atoms with Crippen molar-refractivity contribution in [3.63, 3.8) is 0 Å². The predicted molar refractivity (Wildman–Crippen MR) is 78.2 cm³/mol. The van der Waals surface area contributed by atoms with E-state index in [4.69, 9.17) is 9.47 Å². The first-order valence-electron chi connectivity index (χ1n) is 7.17. The molecule has 1 heterocycles. The fourth-order valence-electron chi connectivity index (χ4n) is 2.13. The summed E-state index contributed by atoms with van der Waals surface area (Å²) in [6.45, 7) is 4.92. The van der Waals surface area contributed by atoms with Gasteiger partial charge in [0.2, 0.25) is 0 Å². The molecule has 2 rings (SSSR count). The molecule has 1 aliphatic heterocycles. The summed E-state index contributed by atoms with van der Waals surface area (Å²) >= 11 is 0. The molecule has 0 saturated carbocycles. The first kappa shape index (κ1) is 15.6. The number of benzene rings is 1. The quantitative estimate of drug-likeness (QED) is 0.878. The topological polar surface area (TPSA) is 59.6 Å². The highest BCUT2D eigenvalue weighted by Gasteiger charge is 2.17. The molecule has 6 heteroatoms. The van der Waals surface area contributed by atoms with E-state index in [-0.39, 0.29) is 12.2 Å². The van der Waals surface area contributed by atoms with Crippen molar-refractivity contribution in [1.29, 1.82) is 0 Å². The lowest BCUT2D eigenvalue weighted by Gasteiger charge is -2.16. The molecule has 1 aromatic rings. The Balaban J connectivity index is 1.93. The Morgan fingerprint density at radius 3 is 3.00 bits per heavy atom. The first-order chi connectivity index (χ1) is 10.0. The lowest BCUT2D eigenvalue weighted by atomic mass is 10.2. The van der Waals surface area contributed by atoms with Crippen LogP contribution in [-0.2, 0) is 4.74 Å². The molecule has 21 heavy (non-hydrogen) atoms. The van der Waals surface area contributed by atoms with Gasteiger partial charge in [-0.05, 0) is 38.8 Å². The van der Waals surface area contributed by atoms with Crippen molar-refractivity contribution in [3.8, 4) is 5.75 Å². The third-order valence-corrected chi connectivity index (χ3v) is 3.07. The number of anilines is 1. The normalized spacial score (nSPS) is 17.8. The molecule has 0 spiro atoms.